The first kappa shape index (κ1) is 9.90. The monoisotopic (exact) mass is 177 g/mol. The van der Waals surface area contributed by atoms with E-state index >= 15 is 0 Å². The smallest absolute Gasteiger partial charge is 0.248 e. The van der Waals surface area contributed by atoms with Crippen molar-refractivity contribution in [1.82, 2.24) is 0 Å². The molecule has 0 aromatic heterocycles. The molecule has 0 aromatic carbocycles. The molecule has 0 heterocycles. The van der Waals surface area contributed by atoms with Gasteiger partial charge in [-0.3, -0.25) is 0 Å². The highest BCUT2D eigenvalue weighted by Gasteiger charge is 2.34. The van der Waals surface area contributed by atoms with Gasteiger partial charge in [-0.15, -0.1) is 0 Å². The molecule has 0 aliphatic heterocycles. The molecule has 0 saturated heterocycles. The second-order valence-corrected chi connectivity index (χ2v) is 3.73. The fourth-order valence-electron chi connectivity index (χ4n) is 1.80. The summed E-state index contributed by atoms with van der Waals surface area (Å²) in [4.78, 5) is 0. The summed E-state index contributed by atoms with van der Waals surface area (Å²) in [5.74, 6) is -1.87. The Kier molecular flexibility index (Phi) is 3.44. The third-order valence-corrected chi connectivity index (χ3v) is 2.65. The lowest BCUT2D eigenvalue weighted by Crippen LogP contribution is -2.24. The molecule has 1 fully saturated rings. The lowest BCUT2D eigenvalue weighted by atomic mass is 9.84. The van der Waals surface area contributed by atoms with Gasteiger partial charge in [0.2, 0.25) is 5.92 Å². The molecule has 3 heteroatoms. The molecule has 1 aliphatic carbocycles. The summed E-state index contributed by atoms with van der Waals surface area (Å²) in [6.45, 7) is 0.687. The van der Waals surface area contributed by atoms with E-state index in [9.17, 15) is 8.78 Å². The minimum atomic E-state index is -2.38. The molecule has 1 saturated carbocycles. The van der Waals surface area contributed by atoms with Gasteiger partial charge in [0.05, 0.1) is 0 Å². The van der Waals surface area contributed by atoms with Crippen LogP contribution in [-0.4, -0.2) is 12.5 Å². The fraction of sp³-hybridized carbons (Fsp3) is 1.00. The van der Waals surface area contributed by atoms with Gasteiger partial charge in [-0.2, -0.15) is 0 Å². The molecule has 0 atom stereocenters. The van der Waals surface area contributed by atoms with Gasteiger partial charge in [0.1, 0.15) is 0 Å². The Morgan fingerprint density at radius 2 is 1.83 bits per heavy atom. The molecule has 12 heavy (non-hydrogen) atoms. The van der Waals surface area contributed by atoms with Crippen molar-refractivity contribution in [3.63, 3.8) is 0 Å². The first-order valence-electron chi connectivity index (χ1n) is 4.72. The summed E-state index contributed by atoms with van der Waals surface area (Å²) in [5.41, 5.74) is 5.35. The fourth-order valence-corrected chi connectivity index (χ4v) is 1.80. The van der Waals surface area contributed by atoms with Gasteiger partial charge >= 0.3 is 0 Å². The molecule has 0 bridgehead atoms. The van der Waals surface area contributed by atoms with E-state index in [0.29, 0.717) is 25.3 Å². The SMILES string of the molecule is NCCCC1CCC(F)(F)CC1. The summed E-state index contributed by atoms with van der Waals surface area (Å²) in [6.07, 6.45) is 3.56. The Balaban J connectivity index is 2.18. The highest BCUT2D eigenvalue weighted by atomic mass is 19.3. The maximum Gasteiger partial charge on any atom is 0.248 e. The van der Waals surface area contributed by atoms with Gasteiger partial charge in [-0.25, -0.2) is 8.78 Å². The van der Waals surface area contributed by atoms with Crippen LogP contribution >= 0.6 is 0 Å². The number of rotatable bonds is 3. The molecule has 72 valence electrons. The topological polar surface area (TPSA) is 26.0 Å². The lowest BCUT2D eigenvalue weighted by Gasteiger charge is -2.27. The molecule has 0 aromatic rings. The summed E-state index contributed by atoms with van der Waals surface area (Å²) in [5, 5.41) is 0. The van der Waals surface area contributed by atoms with Crippen molar-refractivity contribution >= 4 is 0 Å². The average molecular weight is 177 g/mol. The average Bonchev–Trinajstić information content (AvgIpc) is 2.03. The molecule has 1 aliphatic rings. The zero-order valence-electron chi connectivity index (χ0n) is 7.36. The number of alkyl halides is 2. The van der Waals surface area contributed by atoms with Crippen LogP contribution in [0.25, 0.3) is 0 Å². The van der Waals surface area contributed by atoms with Crippen molar-refractivity contribution in [1.29, 1.82) is 0 Å². The van der Waals surface area contributed by atoms with Crippen molar-refractivity contribution < 1.29 is 8.78 Å². The summed E-state index contributed by atoms with van der Waals surface area (Å²) < 4.78 is 25.4. The molecule has 0 radical (unpaired) electrons. The molecule has 0 unspecified atom stereocenters. The van der Waals surface area contributed by atoms with Crippen LogP contribution in [0.1, 0.15) is 38.5 Å². The number of nitrogens with two attached hydrogens (primary N) is 1. The van der Waals surface area contributed by atoms with Gasteiger partial charge in [0.25, 0.3) is 0 Å². The standard InChI is InChI=1S/C9H17F2N/c10-9(11)5-3-8(4-6-9)2-1-7-12/h8H,1-7,12H2. The zero-order chi connectivity index (χ0) is 9.03. The molecule has 1 nitrogen and oxygen atoms in total. The lowest BCUT2D eigenvalue weighted by molar-refractivity contribution is -0.0465. The van der Waals surface area contributed by atoms with E-state index in [0.717, 1.165) is 12.8 Å². The third kappa shape index (κ3) is 3.05. The van der Waals surface area contributed by atoms with Gasteiger partial charge < -0.3 is 5.73 Å². The van der Waals surface area contributed by atoms with E-state index < -0.39 is 5.92 Å². The first-order valence-corrected chi connectivity index (χ1v) is 4.72. The Bertz CT molecular complexity index is 126. The van der Waals surface area contributed by atoms with Crippen LogP contribution in [0.15, 0.2) is 0 Å². The minimum absolute atomic E-state index is 0.0856. The number of hydrogen-bond acceptors (Lipinski definition) is 1. The van der Waals surface area contributed by atoms with Crippen molar-refractivity contribution in [3.8, 4) is 0 Å². The Hall–Kier alpha value is -0.180. The van der Waals surface area contributed by atoms with Crippen LogP contribution in [0.3, 0.4) is 0 Å². The predicted molar refractivity (Wildman–Crippen MR) is 45.2 cm³/mol. The van der Waals surface area contributed by atoms with Crippen LogP contribution in [-0.2, 0) is 0 Å². The molecule has 1 rings (SSSR count). The molecule has 0 amide bonds. The summed E-state index contributed by atoms with van der Waals surface area (Å²) in [7, 11) is 0. The van der Waals surface area contributed by atoms with E-state index in [1.54, 1.807) is 0 Å². The number of halogens is 2. The Morgan fingerprint density at radius 3 is 2.33 bits per heavy atom. The molecule has 2 N–H and O–H groups in total. The normalized spacial score (nSPS) is 24.2. The summed E-state index contributed by atoms with van der Waals surface area (Å²) >= 11 is 0. The highest BCUT2D eigenvalue weighted by molar-refractivity contribution is 4.77. The van der Waals surface area contributed by atoms with Crippen molar-refractivity contribution in [2.24, 2.45) is 11.7 Å². The maximum absolute atomic E-state index is 12.7. The Morgan fingerprint density at radius 1 is 1.25 bits per heavy atom. The van der Waals surface area contributed by atoms with E-state index in [-0.39, 0.29) is 12.8 Å². The molecular weight excluding hydrogens is 160 g/mol. The van der Waals surface area contributed by atoms with Gasteiger partial charge in [0.15, 0.2) is 0 Å². The largest absolute Gasteiger partial charge is 0.330 e. The van der Waals surface area contributed by atoms with Crippen LogP contribution in [0.5, 0.6) is 0 Å². The van der Waals surface area contributed by atoms with E-state index in [2.05, 4.69) is 0 Å². The van der Waals surface area contributed by atoms with Crippen LogP contribution in [0, 0.1) is 5.92 Å². The van der Waals surface area contributed by atoms with Crippen LogP contribution in [0.2, 0.25) is 0 Å². The zero-order valence-corrected chi connectivity index (χ0v) is 7.36. The second kappa shape index (κ2) is 4.17. The van der Waals surface area contributed by atoms with E-state index in [1.807, 2.05) is 0 Å². The van der Waals surface area contributed by atoms with Crippen molar-refractivity contribution in [3.05, 3.63) is 0 Å². The number of hydrogen-bond donors (Lipinski definition) is 1. The van der Waals surface area contributed by atoms with Crippen molar-refractivity contribution in [2.75, 3.05) is 6.54 Å². The van der Waals surface area contributed by atoms with Crippen LogP contribution in [0.4, 0.5) is 8.78 Å². The minimum Gasteiger partial charge on any atom is -0.330 e. The van der Waals surface area contributed by atoms with Crippen molar-refractivity contribution in [2.45, 2.75) is 44.4 Å². The molecule has 0 spiro atoms. The third-order valence-electron chi connectivity index (χ3n) is 2.65. The molecular formula is C9H17F2N. The second-order valence-electron chi connectivity index (χ2n) is 3.73. The predicted octanol–water partition coefficient (Wildman–Crippen LogP) is 2.55. The van der Waals surface area contributed by atoms with E-state index in [1.165, 1.54) is 0 Å². The Labute approximate surface area is 72.3 Å². The maximum atomic E-state index is 12.7. The quantitative estimate of drug-likeness (QED) is 0.704. The first-order chi connectivity index (χ1) is 5.64. The highest BCUT2D eigenvalue weighted by Crippen LogP contribution is 2.37. The van der Waals surface area contributed by atoms with Gasteiger partial charge in [-0.1, -0.05) is 0 Å². The van der Waals surface area contributed by atoms with Gasteiger partial charge in [-0.05, 0) is 38.1 Å². The summed E-state index contributed by atoms with van der Waals surface area (Å²) in [6, 6.07) is 0. The van der Waals surface area contributed by atoms with Crippen LogP contribution < -0.4 is 5.73 Å². The van der Waals surface area contributed by atoms with E-state index in [4.69, 9.17) is 5.73 Å². The van der Waals surface area contributed by atoms with Gasteiger partial charge in [0, 0.05) is 12.8 Å².